The van der Waals surface area contributed by atoms with Crippen LogP contribution in [0.1, 0.15) is 50.9 Å². The lowest BCUT2D eigenvalue weighted by molar-refractivity contribution is 0.0468. The second-order valence-electron chi connectivity index (χ2n) is 5.87. The smallest absolute Gasteiger partial charge is 0.319 e. The molecule has 1 heterocycles. The molecule has 2 rings (SSSR count). The maximum absolute atomic E-state index is 12.8. The van der Waals surface area contributed by atoms with Crippen LogP contribution in [0.2, 0.25) is 0 Å². The molecule has 144 valence electrons. The standard InChI is InChI=1S/C16H27F2N5O.HI/c1-19-16(22-12-14-20-8-10-23(14)15(17)18)21-9-11-24-13-6-4-2-3-5-7-13;/h8,10,13,15H,2-7,9,11-12H2,1H3,(H2,19,21,22);1H. The van der Waals surface area contributed by atoms with E-state index in [0.717, 1.165) is 17.4 Å². The molecule has 0 radical (unpaired) electrons. The molecule has 0 bridgehead atoms. The van der Waals surface area contributed by atoms with Gasteiger partial charge in [-0.1, -0.05) is 25.7 Å². The molecule has 1 saturated carbocycles. The highest BCUT2D eigenvalue weighted by Crippen LogP contribution is 2.19. The zero-order valence-corrected chi connectivity index (χ0v) is 16.9. The first kappa shape index (κ1) is 22.1. The second-order valence-corrected chi connectivity index (χ2v) is 5.87. The Morgan fingerprint density at radius 1 is 1.32 bits per heavy atom. The van der Waals surface area contributed by atoms with E-state index in [1.54, 1.807) is 7.05 Å². The SMILES string of the molecule is CN=C(NCCOC1CCCCCC1)NCc1nccn1C(F)F.I. The molecule has 0 amide bonds. The molecule has 9 heteroatoms. The van der Waals surface area contributed by atoms with Crippen LogP contribution in [0.3, 0.4) is 0 Å². The summed E-state index contributed by atoms with van der Waals surface area (Å²) >= 11 is 0. The van der Waals surface area contributed by atoms with E-state index in [4.69, 9.17) is 4.74 Å². The molecule has 0 atom stereocenters. The summed E-state index contributed by atoms with van der Waals surface area (Å²) in [6.07, 6.45) is 10.4. The zero-order chi connectivity index (χ0) is 17.2. The normalized spacial score (nSPS) is 16.4. The Labute approximate surface area is 164 Å². The molecule has 1 aromatic rings. The van der Waals surface area contributed by atoms with Crippen molar-refractivity contribution in [3.8, 4) is 0 Å². The van der Waals surface area contributed by atoms with Crippen molar-refractivity contribution in [2.24, 2.45) is 4.99 Å². The van der Waals surface area contributed by atoms with Gasteiger partial charge in [0, 0.05) is 26.0 Å². The fourth-order valence-corrected chi connectivity index (χ4v) is 2.85. The van der Waals surface area contributed by atoms with Crippen molar-refractivity contribution >= 4 is 29.9 Å². The molecule has 6 nitrogen and oxygen atoms in total. The van der Waals surface area contributed by atoms with Gasteiger partial charge in [0.1, 0.15) is 5.82 Å². The van der Waals surface area contributed by atoms with Crippen LogP contribution < -0.4 is 10.6 Å². The molecule has 1 aromatic heterocycles. The van der Waals surface area contributed by atoms with E-state index in [1.807, 2.05) is 0 Å². The summed E-state index contributed by atoms with van der Waals surface area (Å²) < 4.78 is 32.2. The number of hydrogen-bond donors (Lipinski definition) is 2. The lowest BCUT2D eigenvalue weighted by Crippen LogP contribution is -2.39. The molecule has 0 aliphatic heterocycles. The van der Waals surface area contributed by atoms with Gasteiger partial charge < -0.3 is 15.4 Å². The van der Waals surface area contributed by atoms with Crippen molar-refractivity contribution in [1.29, 1.82) is 0 Å². The number of aliphatic imine (C=N–C) groups is 1. The Morgan fingerprint density at radius 2 is 2.04 bits per heavy atom. The van der Waals surface area contributed by atoms with E-state index < -0.39 is 6.55 Å². The highest BCUT2D eigenvalue weighted by Gasteiger charge is 2.13. The van der Waals surface area contributed by atoms with E-state index in [9.17, 15) is 8.78 Å². The minimum absolute atomic E-state index is 0. The first-order chi connectivity index (χ1) is 11.7. The van der Waals surface area contributed by atoms with Crippen molar-refractivity contribution in [3.05, 3.63) is 18.2 Å². The lowest BCUT2D eigenvalue weighted by Gasteiger charge is -2.17. The molecule has 0 unspecified atom stereocenters. The molecular weight excluding hydrogens is 443 g/mol. The van der Waals surface area contributed by atoms with Gasteiger partial charge in [0.2, 0.25) is 0 Å². The summed E-state index contributed by atoms with van der Waals surface area (Å²) in [6, 6.07) is 0. The summed E-state index contributed by atoms with van der Waals surface area (Å²) in [5, 5.41) is 6.11. The van der Waals surface area contributed by atoms with Crippen molar-refractivity contribution < 1.29 is 13.5 Å². The van der Waals surface area contributed by atoms with Crippen LogP contribution in [0, 0.1) is 0 Å². The van der Waals surface area contributed by atoms with E-state index in [1.165, 1.54) is 38.1 Å². The maximum atomic E-state index is 12.8. The lowest BCUT2D eigenvalue weighted by atomic mass is 10.1. The van der Waals surface area contributed by atoms with Gasteiger partial charge in [-0.3, -0.25) is 9.56 Å². The van der Waals surface area contributed by atoms with E-state index in [0.29, 0.717) is 25.2 Å². The Morgan fingerprint density at radius 3 is 2.68 bits per heavy atom. The first-order valence-corrected chi connectivity index (χ1v) is 8.56. The molecule has 1 aliphatic rings. The number of alkyl halides is 2. The number of rotatable bonds is 7. The summed E-state index contributed by atoms with van der Waals surface area (Å²) in [4.78, 5) is 8.00. The van der Waals surface area contributed by atoms with Gasteiger partial charge in [0.15, 0.2) is 5.96 Å². The van der Waals surface area contributed by atoms with Crippen LogP contribution in [0.25, 0.3) is 0 Å². The van der Waals surface area contributed by atoms with Gasteiger partial charge in [-0.2, -0.15) is 8.78 Å². The molecular formula is C16H28F2IN5O. The van der Waals surface area contributed by atoms with E-state index >= 15 is 0 Å². The van der Waals surface area contributed by atoms with Gasteiger partial charge in [-0.25, -0.2) is 4.98 Å². The average Bonchev–Trinajstić information content (AvgIpc) is 2.90. The fourth-order valence-electron chi connectivity index (χ4n) is 2.85. The molecule has 0 spiro atoms. The van der Waals surface area contributed by atoms with Gasteiger partial charge in [-0.15, -0.1) is 24.0 Å². The average molecular weight is 471 g/mol. The third-order valence-electron chi connectivity index (χ3n) is 4.15. The van der Waals surface area contributed by atoms with Crippen LogP contribution in [-0.2, 0) is 11.3 Å². The van der Waals surface area contributed by atoms with Crippen LogP contribution >= 0.6 is 24.0 Å². The highest BCUT2D eigenvalue weighted by atomic mass is 127. The maximum Gasteiger partial charge on any atom is 0.319 e. The Balaban J connectivity index is 0.00000312. The largest absolute Gasteiger partial charge is 0.376 e. The Bertz CT molecular complexity index is 504. The van der Waals surface area contributed by atoms with Gasteiger partial charge in [0.25, 0.3) is 0 Å². The number of nitrogens with zero attached hydrogens (tertiary/aromatic N) is 3. The third-order valence-corrected chi connectivity index (χ3v) is 4.15. The molecule has 25 heavy (non-hydrogen) atoms. The van der Waals surface area contributed by atoms with Crippen LogP contribution in [-0.4, -0.2) is 41.8 Å². The number of aromatic nitrogens is 2. The predicted molar refractivity (Wildman–Crippen MR) is 105 cm³/mol. The number of nitrogens with one attached hydrogen (secondary N) is 2. The highest BCUT2D eigenvalue weighted by molar-refractivity contribution is 14.0. The van der Waals surface area contributed by atoms with E-state index in [2.05, 4.69) is 20.6 Å². The first-order valence-electron chi connectivity index (χ1n) is 8.56. The second kappa shape index (κ2) is 12.4. The van der Waals surface area contributed by atoms with Crippen LogP contribution in [0.15, 0.2) is 17.4 Å². The van der Waals surface area contributed by atoms with Crippen LogP contribution in [0.5, 0.6) is 0 Å². The zero-order valence-electron chi connectivity index (χ0n) is 14.6. The Kier molecular flexibility index (Phi) is 10.9. The monoisotopic (exact) mass is 471 g/mol. The van der Waals surface area contributed by atoms with Gasteiger partial charge in [-0.05, 0) is 12.8 Å². The summed E-state index contributed by atoms with van der Waals surface area (Å²) in [5.41, 5.74) is 0. The topological polar surface area (TPSA) is 63.5 Å². The van der Waals surface area contributed by atoms with Gasteiger partial charge >= 0.3 is 6.55 Å². The third kappa shape index (κ3) is 7.85. The molecule has 2 N–H and O–H groups in total. The van der Waals surface area contributed by atoms with Crippen molar-refractivity contribution in [2.75, 3.05) is 20.2 Å². The van der Waals surface area contributed by atoms with Crippen molar-refractivity contribution in [1.82, 2.24) is 20.2 Å². The predicted octanol–water partition coefficient (Wildman–Crippen LogP) is 3.30. The molecule has 1 fully saturated rings. The van der Waals surface area contributed by atoms with E-state index in [-0.39, 0.29) is 36.3 Å². The summed E-state index contributed by atoms with van der Waals surface area (Å²) in [6.45, 7) is -1.18. The number of imidazole rings is 1. The minimum atomic E-state index is -2.59. The number of hydrogen-bond acceptors (Lipinski definition) is 3. The molecule has 0 aromatic carbocycles. The number of ether oxygens (including phenoxy) is 1. The quantitative estimate of drug-likeness (QED) is 0.211. The number of guanidine groups is 1. The molecule has 1 aliphatic carbocycles. The Hall–Kier alpha value is -0.970. The van der Waals surface area contributed by atoms with Crippen molar-refractivity contribution in [2.45, 2.75) is 57.7 Å². The van der Waals surface area contributed by atoms with Crippen molar-refractivity contribution in [3.63, 3.8) is 0 Å². The summed E-state index contributed by atoms with van der Waals surface area (Å²) in [7, 11) is 1.64. The summed E-state index contributed by atoms with van der Waals surface area (Å²) in [5.74, 6) is 0.811. The fraction of sp³-hybridized carbons (Fsp3) is 0.750. The number of halogens is 3. The molecule has 0 saturated heterocycles. The van der Waals surface area contributed by atoms with Crippen LogP contribution in [0.4, 0.5) is 8.78 Å². The minimum Gasteiger partial charge on any atom is -0.376 e. The van der Waals surface area contributed by atoms with Gasteiger partial charge in [0.05, 0.1) is 19.3 Å².